The van der Waals surface area contributed by atoms with Gasteiger partial charge in [-0.2, -0.15) is 0 Å². The molecule has 0 bridgehead atoms. The van der Waals surface area contributed by atoms with E-state index < -0.39 is 0 Å². The van der Waals surface area contributed by atoms with Crippen molar-refractivity contribution in [2.24, 2.45) is 5.92 Å². The Morgan fingerprint density at radius 1 is 1.44 bits per heavy atom. The van der Waals surface area contributed by atoms with E-state index in [9.17, 15) is 4.79 Å². The molecular formula is C14H23N3O. The van der Waals surface area contributed by atoms with Crippen LogP contribution < -0.4 is 10.6 Å². The molecule has 0 atom stereocenters. The van der Waals surface area contributed by atoms with Crippen LogP contribution in [-0.4, -0.2) is 24.0 Å². The first-order chi connectivity index (χ1) is 8.63. The lowest BCUT2D eigenvalue weighted by Gasteiger charge is -2.09. The van der Waals surface area contributed by atoms with Gasteiger partial charge in [0.25, 0.3) is 5.91 Å². The SMILES string of the molecule is CCCCNc1cc(C(=O)NCC(C)C)ccn1. The summed E-state index contributed by atoms with van der Waals surface area (Å²) in [5, 5.41) is 6.11. The summed E-state index contributed by atoms with van der Waals surface area (Å²) in [5.74, 6) is 1.18. The molecule has 0 aliphatic carbocycles. The number of nitrogens with one attached hydrogen (secondary N) is 2. The molecule has 0 saturated carbocycles. The quantitative estimate of drug-likeness (QED) is 0.730. The Bertz CT molecular complexity index is 377. The fraction of sp³-hybridized carbons (Fsp3) is 0.571. The van der Waals surface area contributed by atoms with Gasteiger partial charge in [0.2, 0.25) is 0 Å². The fourth-order valence-electron chi connectivity index (χ4n) is 1.46. The Kier molecular flexibility index (Phi) is 6.19. The van der Waals surface area contributed by atoms with Gasteiger partial charge in [0, 0.05) is 24.8 Å². The van der Waals surface area contributed by atoms with Gasteiger partial charge >= 0.3 is 0 Å². The molecule has 1 rings (SSSR count). The van der Waals surface area contributed by atoms with E-state index in [1.54, 1.807) is 18.3 Å². The monoisotopic (exact) mass is 249 g/mol. The molecule has 100 valence electrons. The van der Waals surface area contributed by atoms with Gasteiger partial charge in [0.1, 0.15) is 5.82 Å². The van der Waals surface area contributed by atoms with Crippen LogP contribution in [-0.2, 0) is 0 Å². The molecular weight excluding hydrogens is 226 g/mol. The molecule has 0 saturated heterocycles. The van der Waals surface area contributed by atoms with Gasteiger partial charge < -0.3 is 10.6 Å². The topological polar surface area (TPSA) is 54.0 Å². The normalized spacial score (nSPS) is 10.4. The van der Waals surface area contributed by atoms with Gasteiger partial charge in [0.05, 0.1) is 0 Å². The summed E-state index contributed by atoms with van der Waals surface area (Å²) in [5.41, 5.74) is 0.657. The predicted octanol–water partition coefficient (Wildman–Crippen LogP) is 2.68. The van der Waals surface area contributed by atoms with E-state index in [1.807, 2.05) is 0 Å². The van der Waals surface area contributed by atoms with Gasteiger partial charge in [-0.05, 0) is 24.5 Å². The Labute approximate surface area is 109 Å². The summed E-state index contributed by atoms with van der Waals surface area (Å²) in [7, 11) is 0. The average Bonchev–Trinajstić information content (AvgIpc) is 2.36. The van der Waals surface area contributed by atoms with E-state index in [1.165, 1.54) is 0 Å². The van der Waals surface area contributed by atoms with Crippen molar-refractivity contribution in [3.8, 4) is 0 Å². The second kappa shape index (κ2) is 7.69. The van der Waals surface area contributed by atoms with Crippen molar-refractivity contribution in [1.29, 1.82) is 0 Å². The van der Waals surface area contributed by atoms with Crippen LogP contribution in [0.25, 0.3) is 0 Å². The lowest BCUT2D eigenvalue weighted by Crippen LogP contribution is -2.27. The predicted molar refractivity (Wildman–Crippen MR) is 74.8 cm³/mol. The van der Waals surface area contributed by atoms with Gasteiger partial charge in [0.15, 0.2) is 0 Å². The minimum atomic E-state index is -0.0374. The molecule has 1 heterocycles. The Morgan fingerprint density at radius 3 is 2.89 bits per heavy atom. The zero-order chi connectivity index (χ0) is 13.4. The molecule has 0 aromatic carbocycles. The summed E-state index contributed by atoms with van der Waals surface area (Å²) in [4.78, 5) is 16.1. The molecule has 18 heavy (non-hydrogen) atoms. The number of carbonyl (C=O) groups is 1. The number of hydrogen-bond acceptors (Lipinski definition) is 3. The van der Waals surface area contributed by atoms with E-state index in [0.717, 1.165) is 25.2 Å². The maximum atomic E-state index is 11.9. The van der Waals surface area contributed by atoms with Crippen molar-refractivity contribution in [2.45, 2.75) is 33.6 Å². The second-order valence-electron chi connectivity index (χ2n) is 4.81. The van der Waals surface area contributed by atoms with Crippen molar-refractivity contribution < 1.29 is 4.79 Å². The number of hydrogen-bond donors (Lipinski definition) is 2. The van der Waals surface area contributed by atoms with Gasteiger partial charge in [-0.1, -0.05) is 27.2 Å². The van der Waals surface area contributed by atoms with Crippen LogP contribution in [0, 0.1) is 5.92 Å². The number of aromatic nitrogens is 1. The van der Waals surface area contributed by atoms with Crippen molar-refractivity contribution in [2.75, 3.05) is 18.4 Å². The first-order valence-electron chi connectivity index (χ1n) is 6.61. The number of unbranched alkanes of at least 4 members (excludes halogenated alkanes) is 1. The minimum absolute atomic E-state index is 0.0374. The average molecular weight is 249 g/mol. The van der Waals surface area contributed by atoms with Gasteiger partial charge in [-0.15, -0.1) is 0 Å². The lowest BCUT2D eigenvalue weighted by atomic mass is 10.2. The molecule has 4 heteroatoms. The molecule has 0 fully saturated rings. The number of rotatable bonds is 7. The molecule has 0 aliphatic heterocycles. The van der Waals surface area contributed by atoms with Crippen LogP contribution >= 0.6 is 0 Å². The number of anilines is 1. The van der Waals surface area contributed by atoms with E-state index in [0.29, 0.717) is 18.0 Å². The summed E-state index contributed by atoms with van der Waals surface area (Å²) in [6.07, 6.45) is 3.91. The number of nitrogens with zero attached hydrogens (tertiary/aromatic N) is 1. The second-order valence-corrected chi connectivity index (χ2v) is 4.81. The van der Waals surface area contributed by atoms with Crippen molar-refractivity contribution >= 4 is 11.7 Å². The molecule has 4 nitrogen and oxygen atoms in total. The zero-order valence-corrected chi connectivity index (χ0v) is 11.5. The molecule has 0 aliphatic rings. The summed E-state index contributed by atoms with van der Waals surface area (Å²) in [6, 6.07) is 3.53. The molecule has 1 aromatic heterocycles. The van der Waals surface area contributed by atoms with E-state index >= 15 is 0 Å². The third-order valence-electron chi connectivity index (χ3n) is 2.53. The number of carbonyl (C=O) groups excluding carboxylic acids is 1. The minimum Gasteiger partial charge on any atom is -0.370 e. The molecule has 1 aromatic rings. The van der Waals surface area contributed by atoms with Crippen LogP contribution in [0.3, 0.4) is 0 Å². The third kappa shape index (κ3) is 5.17. The summed E-state index contributed by atoms with van der Waals surface area (Å²) < 4.78 is 0. The Balaban J connectivity index is 2.55. The molecule has 0 spiro atoms. The molecule has 0 unspecified atom stereocenters. The number of pyridine rings is 1. The van der Waals surface area contributed by atoms with Crippen LogP contribution in [0.2, 0.25) is 0 Å². The van der Waals surface area contributed by atoms with Crippen LogP contribution in [0.4, 0.5) is 5.82 Å². The van der Waals surface area contributed by atoms with E-state index in [-0.39, 0.29) is 5.91 Å². The van der Waals surface area contributed by atoms with E-state index in [2.05, 4.69) is 36.4 Å². The summed E-state index contributed by atoms with van der Waals surface area (Å²) in [6.45, 7) is 7.88. The molecule has 0 radical (unpaired) electrons. The Hall–Kier alpha value is -1.58. The first-order valence-corrected chi connectivity index (χ1v) is 6.61. The zero-order valence-electron chi connectivity index (χ0n) is 11.5. The van der Waals surface area contributed by atoms with Crippen LogP contribution in [0.5, 0.6) is 0 Å². The van der Waals surface area contributed by atoms with Crippen LogP contribution in [0.15, 0.2) is 18.3 Å². The fourth-order valence-corrected chi connectivity index (χ4v) is 1.46. The van der Waals surface area contributed by atoms with E-state index in [4.69, 9.17) is 0 Å². The van der Waals surface area contributed by atoms with Gasteiger partial charge in [-0.25, -0.2) is 4.98 Å². The van der Waals surface area contributed by atoms with Crippen molar-refractivity contribution in [3.63, 3.8) is 0 Å². The maximum Gasteiger partial charge on any atom is 0.251 e. The Morgan fingerprint density at radius 2 is 2.22 bits per heavy atom. The van der Waals surface area contributed by atoms with Crippen LogP contribution in [0.1, 0.15) is 44.0 Å². The lowest BCUT2D eigenvalue weighted by molar-refractivity contribution is 0.0949. The number of amides is 1. The van der Waals surface area contributed by atoms with Gasteiger partial charge in [-0.3, -0.25) is 4.79 Å². The third-order valence-corrected chi connectivity index (χ3v) is 2.53. The largest absolute Gasteiger partial charge is 0.370 e. The molecule has 1 amide bonds. The standard InChI is InChI=1S/C14H23N3O/c1-4-5-7-15-13-9-12(6-8-16-13)14(18)17-10-11(2)3/h6,8-9,11H,4-5,7,10H2,1-3H3,(H,15,16)(H,17,18). The molecule has 2 N–H and O–H groups in total. The first kappa shape index (κ1) is 14.5. The highest BCUT2D eigenvalue weighted by molar-refractivity contribution is 5.94. The highest BCUT2D eigenvalue weighted by Gasteiger charge is 2.06. The summed E-state index contributed by atoms with van der Waals surface area (Å²) >= 11 is 0. The highest BCUT2D eigenvalue weighted by atomic mass is 16.1. The maximum absolute atomic E-state index is 11.9. The van der Waals surface area contributed by atoms with Crippen molar-refractivity contribution in [3.05, 3.63) is 23.9 Å². The highest BCUT2D eigenvalue weighted by Crippen LogP contribution is 2.07. The smallest absolute Gasteiger partial charge is 0.251 e. The van der Waals surface area contributed by atoms with Crippen molar-refractivity contribution in [1.82, 2.24) is 10.3 Å².